The molecule has 0 aliphatic carbocycles. The predicted molar refractivity (Wildman–Crippen MR) is 129 cm³/mol. The van der Waals surface area contributed by atoms with Crippen LogP contribution in [0.4, 0.5) is 4.39 Å². The number of halogens is 1. The van der Waals surface area contributed by atoms with Crippen molar-refractivity contribution < 1.29 is 14.0 Å². The van der Waals surface area contributed by atoms with Crippen LogP contribution in [0.1, 0.15) is 49.3 Å². The molecule has 4 nitrogen and oxygen atoms in total. The van der Waals surface area contributed by atoms with Crippen molar-refractivity contribution in [2.75, 3.05) is 6.54 Å². The number of nitrogens with one attached hydrogen (secondary N) is 1. The Bertz CT molecular complexity index is 983. The third kappa shape index (κ3) is 6.75. The molecule has 0 aliphatic rings. The third-order valence-electron chi connectivity index (χ3n) is 5.77. The van der Waals surface area contributed by atoms with Gasteiger partial charge in [0.25, 0.3) is 0 Å². The molecular formula is C28H31FN2O2. The maximum atomic E-state index is 13.7. The van der Waals surface area contributed by atoms with Gasteiger partial charge < -0.3 is 10.2 Å². The van der Waals surface area contributed by atoms with E-state index in [9.17, 15) is 14.0 Å². The molecule has 5 heteroatoms. The first kappa shape index (κ1) is 24.2. The molecule has 0 saturated heterocycles. The van der Waals surface area contributed by atoms with Crippen LogP contribution in [0.3, 0.4) is 0 Å². The number of benzene rings is 3. The van der Waals surface area contributed by atoms with Crippen LogP contribution in [-0.4, -0.2) is 29.3 Å². The van der Waals surface area contributed by atoms with E-state index in [0.717, 1.165) is 23.1 Å². The van der Waals surface area contributed by atoms with Crippen molar-refractivity contribution in [1.29, 1.82) is 0 Å². The first-order valence-corrected chi connectivity index (χ1v) is 11.4. The van der Waals surface area contributed by atoms with Crippen LogP contribution in [0.15, 0.2) is 84.9 Å². The summed E-state index contributed by atoms with van der Waals surface area (Å²) < 4.78 is 13.4. The van der Waals surface area contributed by atoms with Gasteiger partial charge in [0.2, 0.25) is 11.8 Å². The van der Waals surface area contributed by atoms with Crippen molar-refractivity contribution in [1.82, 2.24) is 10.2 Å². The van der Waals surface area contributed by atoms with Crippen molar-refractivity contribution in [3.8, 4) is 0 Å². The third-order valence-corrected chi connectivity index (χ3v) is 5.77. The first-order valence-electron chi connectivity index (χ1n) is 11.4. The second-order valence-electron chi connectivity index (χ2n) is 8.19. The van der Waals surface area contributed by atoms with Gasteiger partial charge in [-0.25, -0.2) is 4.39 Å². The second kappa shape index (κ2) is 12.0. The highest BCUT2D eigenvalue weighted by Crippen LogP contribution is 2.29. The van der Waals surface area contributed by atoms with Crippen LogP contribution in [0.2, 0.25) is 0 Å². The fourth-order valence-corrected chi connectivity index (χ4v) is 3.86. The Kier molecular flexibility index (Phi) is 8.76. The van der Waals surface area contributed by atoms with Gasteiger partial charge in [0.15, 0.2) is 0 Å². The van der Waals surface area contributed by atoms with Gasteiger partial charge in [0, 0.05) is 25.4 Å². The minimum absolute atomic E-state index is 0.129. The van der Waals surface area contributed by atoms with Crippen LogP contribution < -0.4 is 5.32 Å². The highest BCUT2D eigenvalue weighted by atomic mass is 19.1. The lowest BCUT2D eigenvalue weighted by molar-refractivity contribution is -0.140. The van der Waals surface area contributed by atoms with Crippen molar-refractivity contribution in [2.24, 2.45) is 0 Å². The summed E-state index contributed by atoms with van der Waals surface area (Å²) in [5.41, 5.74) is 2.86. The molecule has 2 amide bonds. The molecule has 0 saturated carbocycles. The number of nitrogens with zero attached hydrogens (tertiary/aromatic N) is 1. The highest BCUT2D eigenvalue weighted by Gasteiger charge is 2.28. The average Bonchev–Trinajstić information content (AvgIpc) is 2.86. The number of carbonyl (C=O) groups excluding carboxylic acids is 2. The average molecular weight is 447 g/mol. The molecule has 33 heavy (non-hydrogen) atoms. The molecule has 3 aromatic rings. The lowest BCUT2D eigenvalue weighted by atomic mass is 9.88. The van der Waals surface area contributed by atoms with E-state index in [0.29, 0.717) is 6.54 Å². The molecule has 0 aliphatic heterocycles. The molecule has 1 atom stereocenters. The molecule has 3 rings (SSSR count). The zero-order valence-corrected chi connectivity index (χ0v) is 19.2. The van der Waals surface area contributed by atoms with E-state index in [4.69, 9.17) is 0 Å². The van der Waals surface area contributed by atoms with E-state index in [1.54, 1.807) is 24.0 Å². The Morgan fingerprint density at radius 3 is 1.94 bits per heavy atom. The number of amides is 2. The van der Waals surface area contributed by atoms with Crippen LogP contribution in [-0.2, 0) is 16.1 Å². The minimum Gasteiger partial charge on any atom is -0.354 e. The zero-order valence-electron chi connectivity index (χ0n) is 19.2. The Morgan fingerprint density at radius 1 is 0.879 bits per heavy atom. The van der Waals surface area contributed by atoms with Crippen molar-refractivity contribution >= 4 is 11.8 Å². The SMILES string of the molecule is CCCNC(=O)C(C)N(Cc1ccc(F)cc1)C(=O)CC(c1ccccc1)c1ccccc1. The number of hydrogen-bond acceptors (Lipinski definition) is 2. The summed E-state index contributed by atoms with van der Waals surface area (Å²) in [5, 5.41) is 2.89. The summed E-state index contributed by atoms with van der Waals surface area (Å²) in [7, 11) is 0. The predicted octanol–water partition coefficient (Wildman–Crippen LogP) is 5.29. The van der Waals surface area contributed by atoms with Crippen LogP contribution in [0.25, 0.3) is 0 Å². The maximum absolute atomic E-state index is 13.7. The van der Waals surface area contributed by atoms with Crippen molar-refractivity contribution in [2.45, 2.75) is 45.2 Å². The van der Waals surface area contributed by atoms with Crippen LogP contribution >= 0.6 is 0 Å². The van der Waals surface area contributed by atoms with Crippen molar-refractivity contribution in [3.05, 3.63) is 107 Å². The lowest BCUT2D eigenvalue weighted by Gasteiger charge is -2.30. The Balaban J connectivity index is 1.89. The van der Waals surface area contributed by atoms with Crippen molar-refractivity contribution in [3.63, 3.8) is 0 Å². The van der Waals surface area contributed by atoms with Gasteiger partial charge in [-0.15, -0.1) is 0 Å². The fraction of sp³-hybridized carbons (Fsp3) is 0.286. The summed E-state index contributed by atoms with van der Waals surface area (Å²) >= 11 is 0. The largest absolute Gasteiger partial charge is 0.354 e. The van der Waals surface area contributed by atoms with Gasteiger partial charge in [-0.1, -0.05) is 79.7 Å². The molecule has 0 spiro atoms. The van der Waals surface area contributed by atoms with E-state index in [1.165, 1.54) is 12.1 Å². The van der Waals surface area contributed by atoms with E-state index in [-0.39, 0.29) is 36.5 Å². The number of rotatable bonds is 10. The first-order chi connectivity index (χ1) is 16.0. The number of carbonyl (C=O) groups is 2. The van der Waals surface area contributed by atoms with E-state index in [1.807, 2.05) is 67.6 Å². The molecule has 0 fully saturated rings. The van der Waals surface area contributed by atoms with Crippen LogP contribution in [0, 0.1) is 5.82 Å². The number of hydrogen-bond donors (Lipinski definition) is 1. The molecular weight excluding hydrogens is 415 g/mol. The smallest absolute Gasteiger partial charge is 0.242 e. The van der Waals surface area contributed by atoms with Gasteiger partial charge in [-0.2, -0.15) is 0 Å². The Hall–Kier alpha value is -3.47. The Labute approximate surface area is 195 Å². The topological polar surface area (TPSA) is 49.4 Å². The van der Waals surface area contributed by atoms with Gasteiger partial charge >= 0.3 is 0 Å². The summed E-state index contributed by atoms with van der Waals surface area (Å²) in [6.45, 7) is 4.51. The monoisotopic (exact) mass is 446 g/mol. The summed E-state index contributed by atoms with van der Waals surface area (Å²) in [5.74, 6) is -0.792. The summed E-state index contributed by atoms with van der Waals surface area (Å²) in [6, 6.07) is 25.2. The minimum atomic E-state index is -0.652. The zero-order chi connectivity index (χ0) is 23.6. The van der Waals surface area contributed by atoms with E-state index >= 15 is 0 Å². The second-order valence-corrected chi connectivity index (χ2v) is 8.19. The molecule has 3 aromatic carbocycles. The maximum Gasteiger partial charge on any atom is 0.242 e. The molecule has 0 aromatic heterocycles. The van der Waals surface area contributed by atoms with Gasteiger partial charge in [-0.05, 0) is 42.2 Å². The molecule has 0 bridgehead atoms. The van der Waals surface area contributed by atoms with E-state index < -0.39 is 6.04 Å². The fourth-order valence-electron chi connectivity index (χ4n) is 3.86. The summed E-state index contributed by atoms with van der Waals surface area (Å²) in [6.07, 6.45) is 1.04. The van der Waals surface area contributed by atoms with Gasteiger partial charge in [0.1, 0.15) is 11.9 Å². The highest BCUT2D eigenvalue weighted by molar-refractivity contribution is 5.87. The van der Waals surface area contributed by atoms with Crippen LogP contribution in [0.5, 0.6) is 0 Å². The normalized spacial score (nSPS) is 11.8. The van der Waals surface area contributed by atoms with Gasteiger partial charge in [-0.3, -0.25) is 9.59 Å². The molecule has 172 valence electrons. The lowest BCUT2D eigenvalue weighted by Crippen LogP contribution is -2.48. The molecule has 0 heterocycles. The molecule has 1 N–H and O–H groups in total. The Morgan fingerprint density at radius 2 is 1.42 bits per heavy atom. The van der Waals surface area contributed by atoms with Gasteiger partial charge in [0.05, 0.1) is 0 Å². The van der Waals surface area contributed by atoms with E-state index in [2.05, 4.69) is 5.32 Å². The molecule has 1 unspecified atom stereocenters. The molecule has 0 radical (unpaired) electrons. The quantitative estimate of drug-likeness (QED) is 0.460. The summed E-state index contributed by atoms with van der Waals surface area (Å²) in [4.78, 5) is 28.0. The standard InChI is InChI=1S/C28H31FN2O2/c1-3-18-30-28(33)21(2)31(20-22-14-16-25(29)17-15-22)27(32)19-26(23-10-6-4-7-11-23)24-12-8-5-9-13-24/h4-17,21,26H,3,18-20H2,1-2H3,(H,30,33).